The predicted octanol–water partition coefficient (Wildman–Crippen LogP) is 5.49. The molecule has 27 heavy (non-hydrogen) atoms. The maximum Gasteiger partial charge on any atom is 0.243 e. The van der Waals surface area contributed by atoms with Gasteiger partial charge in [0.15, 0.2) is 11.5 Å². The van der Waals surface area contributed by atoms with Crippen LogP contribution >= 0.6 is 0 Å². The van der Waals surface area contributed by atoms with Gasteiger partial charge in [0.25, 0.3) is 0 Å². The van der Waals surface area contributed by atoms with Crippen molar-refractivity contribution in [2.45, 2.75) is 58.8 Å². The van der Waals surface area contributed by atoms with E-state index in [1.54, 1.807) is 6.08 Å². The Morgan fingerprint density at radius 1 is 1.04 bits per heavy atom. The Bertz CT molecular complexity index is 635. The van der Waals surface area contributed by atoms with Crippen molar-refractivity contribution in [3.63, 3.8) is 0 Å². The number of rotatable bonds is 12. The zero-order valence-corrected chi connectivity index (χ0v) is 16.7. The largest absolute Gasteiger partial charge is 0.454 e. The van der Waals surface area contributed by atoms with E-state index in [2.05, 4.69) is 37.4 Å². The summed E-state index contributed by atoms with van der Waals surface area (Å²) in [5.41, 5.74) is 1.16. The van der Waals surface area contributed by atoms with E-state index in [-0.39, 0.29) is 5.91 Å². The van der Waals surface area contributed by atoms with Crippen LogP contribution in [0.25, 0.3) is 6.08 Å². The molecule has 0 spiro atoms. The molecular weight excluding hydrogens is 338 g/mol. The summed E-state index contributed by atoms with van der Waals surface area (Å²) in [7, 11) is 0. The van der Waals surface area contributed by atoms with Gasteiger partial charge < -0.3 is 14.8 Å². The smallest absolute Gasteiger partial charge is 0.243 e. The molecule has 0 fully saturated rings. The summed E-state index contributed by atoms with van der Waals surface area (Å²) >= 11 is 0. The van der Waals surface area contributed by atoms with Crippen LogP contribution in [0.2, 0.25) is 0 Å². The molecule has 4 nitrogen and oxygen atoms in total. The number of allylic oxidation sites excluding steroid dienone is 2. The minimum Gasteiger partial charge on any atom is -0.454 e. The van der Waals surface area contributed by atoms with Crippen molar-refractivity contribution >= 4 is 12.0 Å². The van der Waals surface area contributed by atoms with Gasteiger partial charge in [-0.05, 0) is 55.4 Å². The fourth-order valence-corrected chi connectivity index (χ4v) is 2.84. The summed E-state index contributed by atoms with van der Waals surface area (Å²) in [6.45, 7) is 5.25. The highest BCUT2D eigenvalue weighted by Gasteiger charge is 2.11. The second-order valence-electron chi connectivity index (χ2n) is 7.40. The molecule has 0 saturated carbocycles. The number of amides is 1. The summed E-state index contributed by atoms with van der Waals surface area (Å²) < 4.78 is 10.7. The molecule has 0 unspecified atom stereocenters. The lowest BCUT2D eigenvalue weighted by molar-refractivity contribution is -0.116. The Morgan fingerprint density at radius 3 is 2.52 bits per heavy atom. The molecule has 1 aliphatic heterocycles. The minimum atomic E-state index is 0.0259. The third-order valence-electron chi connectivity index (χ3n) is 4.40. The van der Waals surface area contributed by atoms with Gasteiger partial charge in [0.2, 0.25) is 12.7 Å². The lowest BCUT2D eigenvalue weighted by Gasteiger charge is -2.04. The number of unbranched alkanes of at least 4 members (excludes halogenated alkanes) is 6. The summed E-state index contributed by atoms with van der Waals surface area (Å²) in [6.07, 6.45) is 16.2. The van der Waals surface area contributed by atoms with Crippen LogP contribution in [0.3, 0.4) is 0 Å². The zero-order chi connectivity index (χ0) is 19.3. The van der Waals surface area contributed by atoms with Crippen molar-refractivity contribution in [2.75, 3.05) is 13.3 Å². The van der Waals surface area contributed by atoms with Crippen LogP contribution in [-0.4, -0.2) is 19.2 Å². The van der Waals surface area contributed by atoms with Crippen LogP contribution in [0.5, 0.6) is 11.5 Å². The molecule has 1 heterocycles. The van der Waals surface area contributed by atoms with Gasteiger partial charge in [-0.25, -0.2) is 0 Å². The van der Waals surface area contributed by atoms with Gasteiger partial charge in [-0.2, -0.15) is 0 Å². The second kappa shape index (κ2) is 12.2. The highest BCUT2D eigenvalue weighted by molar-refractivity contribution is 5.87. The summed E-state index contributed by atoms with van der Waals surface area (Å²) in [4.78, 5) is 11.5. The predicted molar refractivity (Wildman–Crippen MR) is 111 cm³/mol. The number of carbonyl (C=O) groups is 1. The summed E-state index contributed by atoms with van der Waals surface area (Å²) in [5, 5.41) is 2.89. The van der Waals surface area contributed by atoms with E-state index in [9.17, 15) is 4.79 Å². The first-order chi connectivity index (χ1) is 13.1. The van der Waals surface area contributed by atoms with Crippen molar-refractivity contribution in [1.82, 2.24) is 5.32 Å². The monoisotopic (exact) mass is 371 g/mol. The van der Waals surface area contributed by atoms with Crippen molar-refractivity contribution < 1.29 is 14.3 Å². The first-order valence-corrected chi connectivity index (χ1v) is 10.2. The number of benzene rings is 1. The molecule has 4 heteroatoms. The van der Waals surface area contributed by atoms with Gasteiger partial charge >= 0.3 is 0 Å². The van der Waals surface area contributed by atoms with Gasteiger partial charge in [-0.1, -0.05) is 57.4 Å². The molecule has 0 saturated heterocycles. The van der Waals surface area contributed by atoms with Crippen LogP contribution in [-0.2, 0) is 4.79 Å². The number of hydrogen-bond donors (Lipinski definition) is 1. The number of carbonyl (C=O) groups excluding carboxylic acids is 1. The molecule has 0 aliphatic carbocycles. The molecule has 2 rings (SSSR count). The average molecular weight is 372 g/mol. The Balaban J connectivity index is 1.45. The molecule has 1 aromatic carbocycles. The van der Waals surface area contributed by atoms with E-state index in [4.69, 9.17) is 9.47 Å². The first-order valence-electron chi connectivity index (χ1n) is 10.2. The van der Waals surface area contributed by atoms with Gasteiger partial charge in [0.1, 0.15) is 0 Å². The van der Waals surface area contributed by atoms with Crippen LogP contribution in [0.4, 0.5) is 0 Å². The number of ether oxygens (including phenoxy) is 2. The Labute approximate surface area is 163 Å². The summed E-state index contributed by atoms with van der Waals surface area (Å²) in [6, 6.07) is 6.04. The number of hydrogen-bond acceptors (Lipinski definition) is 3. The summed E-state index contributed by atoms with van der Waals surface area (Å²) in [5.74, 6) is 2.19. The standard InChI is InChI=1S/C23H33NO3/c1-19(2)17-24-23(25)13-11-9-7-5-3-4-6-8-10-12-20-14-15-21-22(16-20)27-18-26-21/h10-16,19H,3-9,17-18H2,1-2H3,(H,24,25). The van der Waals surface area contributed by atoms with Crippen molar-refractivity contribution in [3.8, 4) is 11.5 Å². The van der Waals surface area contributed by atoms with Crippen LogP contribution in [0.1, 0.15) is 64.4 Å². The van der Waals surface area contributed by atoms with Gasteiger partial charge in [-0.15, -0.1) is 0 Å². The van der Waals surface area contributed by atoms with Crippen molar-refractivity contribution in [2.24, 2.45) is 5.92 Å². The fraction of sp³-hybridized carbons (Fsp3) is 0.522. The maximum absolute atomic E-state index is 11.5. The minimum absolute atomic E-state index is 0.0259. The van der Waals surface area contributed by atoms with E-state index in [1.807, 2.05) is 18.2 Å². The number of fused-ring (bicyclic) bond motifs is 1. The molecule has 0 atom stereocenters. The highest BCUT2D eigenvalue weighted by Crippen LogP contribution is 2.32. The fourth-order valence-electron chi connectivity index (χ4n) is 2.84. The quantitative estimate of drug-likeness (QED) is 0.390. The third-order valence-corrected chi connectivity index (χ3v) is 4.40. The van der Waals surface area contributed by atoms with Crippen LogP contribution < -0.4 is 14.8 Å². The Kier molecular flexibility index (Phi) is 9.53. The second-order valence-corrected chi connectivity index (χ2v) is 7.40. The molecule has 0 radical (unpaired) electrons. The Morgan fingerprint density at radius 2 is 1.74 bits per heavy atom. The first kappa shape index (κ1) is 21.1. The van der Waals surface area contributed by atoms with E-state index in [0.717, 1.165) is 42.9 Å². The lowest BCUT2D eigenvalue weighted by atomic mass is 10.1. The molecule has 1 N–H and O–H groups in total. The molecule has 1 aromatic rings. The van der Waals surface area contributed by atoms with Crippen LogP contribution in [0.15, 0.2) is 36.4 Å². The molecule has 0 bridgehead atoms. The normalized spacial score (nSPS) is 13.1. The van der Waals surface area contributed by atoms with Gasteiger partial charge in [0, 0.05) is 6.54 Å². The Hall–Kier alpha value is -2.23. The van der Waals surface area contributed by atoms with Crippen molar-refractivity contribution in [1.29, 1.82) is 0 Å². The lowest BCUT2D eigenvalue weighted by Crippen LogP contribution is -2.25. The average Bonchev–Trinajstić information content (AvgIpc) is 3.12. The SMILES string of the molecule is CC(C)CNC(=O)C=CCCCCCCCC=Cc1ccc2c(c1)OCO2. The van der Waals surface area contributed by atoms with Crippen molar-refractivity contribution in [3.05, 3.63) is 42.0 Å². The van der Waals surface area contributed by atoms with Crippen LogP contribution in [0, 0.1) is 5.92 Å². The molecule has 148 valence electrons. The maximum atomic E-state index is 11.5. The van der Waals surface area contributed by atoms with Gasteiger partial charge in [0.05, 0.1) is 0 Å². The number of nitrogens with one attached hydrogen (secondary N) is 1. The third kappa shape index (κ3) is 8.80. The molecule has 1 aliphatic rings. The zero-order valence-electron chi connectivity index (χ0n) is 16.7. The molecule has 0 aromatic heterocycles. The van der Waals surface area contributed by atoms with Gasteiger partial charge in [-0.3, -0.25) is 4.79 Å². The van der Waals surface area contributed by atoms with E-state index < -0.39 is 0 Å². The van der Waals surface area contributed by atoms with E-state index in [0.29, 0.717) is 12.7 Å². The molecule has 1 amide bonds. The topological polar surface area (TPSA) is 47.6 Å². The van der Waals surface area contributed by atoms with E-state index >= 15 is 0 Å². The highest BCUT2D eigenvalue weighted by atomic mass is 16.7. The van der Waals surface area contributed by atoms with E-state index in [1.165, 1.54) is 25.7 Å². The molecular formula is C23H33NO3.